The first-order chi connectivity index (χ1) is 8.65. The van der Waals surface area contributed by atoms with Crippen molar-refractivity contribution in [3.63, 3.8) is 0 Å². The number of anilines is 1. The topological polar surface area (TPSA) is 85.1 Å². The third kappa shape index (κ3) is 1.95. The van der Waals surface area contributed by atoms with Crippen LogP contribution in [0.5, 0.6) is 0 Å². The van der Waals surface area contributed by atoms with Crippen molar-refractivity contribution in [1.82, 2.24) is 9.97 Å². The molecule has 3 aromatic rings. The zero-order valence-electron chi connectivity index (χ0n) is 8.90. The van der Waals surface area contributed by atoms with Crippen LogP contribution in [0.3, 0.4) is 0 Å². The van der Waals surface area contributed by atoms with Gasteiger partial charge in [-0.3, -0.25) is 4.72 Å². The monoisotopic (exact) mass is 281 g/mol. The first kappa shape index (κ1) is 11.2. The van der Waals surface area contributed by atoms with E-state index in [9.17, 15) is 8.42 Å². The lowest BCUT2D eigenvalue weighted by molar-refractivity contribution is 0.594. The summed E-state index contributed by atoms with van der Waals surface area (Å²) in [4.78, 5) is 7.91. The van der Waals surface area contributed by atoms with Crippen LogP contribution in [0, 0.1) is 0 Å². The molecule has 2 heterocycles. The average molecular weight is 281 g/mol. The molecule has 6 nitrogen and oxygen atoms in total. The number of rotatable bonds is 3. The standard InChI is InChI=1S/C10H7N3O3S2/c14-18(15,13-10-11-3-4-17-10)7-1-2-8-9(5-7)16-6-12-8/h1-6H,(H,11,13). The molecular formula is C10H7N3O3S2. The fourth-order valence-corrected chi connectivity index (χ4v) is 3.25. The zero-order valence-corrected chi connectivity index (χ0v) is 10.5. The summed E-state index contributed by atoms with van der Waals surface area (Å²) in [6, 6.07) is 4.49. The minimum atomic E-state index is -3.64. The molecule has 8 heteroatoms. The van der Waals surface area contributed by atoms with E-state index in [1.807, 2.05) is 0 Å². The number of oxazole rings is 1. The van der Waals surface area contributed by atoms with Crippen LogP contribution in [0.15, 0.2) is 45.5 Å². The Labute approximate surface area is 106 Å². The second-order valence-electron chi connectivity index (χ2n) is 3.42. The van der Waals surface area contributed by atoms with Crippen LogP contribution in [0.1, 0.15) is 0 Å². The number of benzene rings is 1. The van der Waals surface area contributed by atoms with Crippen molar-refractivity contribution >= 4 is 37.6 Å². The largest absolute Gasteiger partial charge is 0.443 e. The summed E-state index contributed by atoms with van der Waals surface area (Å²) >= 11 is 1.21. The molecule has 0 amide bonds. The first-order valence-corrected chi connectivity index (χ1v) is 7.27. The predicted octanol–water partition coefficient (Wildman–Crippen LogP) is 2.09. The molecular weight excluding hydrogens is 274 g/mol. The molecule has 0 aliphatic rings. The quantitative estimate of drug-likeness (QED) is 0.794. The SMILES string of the molecule is O=S(=O)(Nc1nccs1)c1ccc2ncoc2c1. The van der Waals surface area contributed by atoms with Crippen molar-refractivity contribution in [2.24, 2.45) is 0 Å². The van der Waals surface area contributed by atoms with Gasteiger partial charge in [-0.1, -0.05) is 0 Å². The molecule has 2 aromatic heterocycles. The number of thiazole rings is 1. The van der Waals surface area contributed by atoms with Crippen molar-refractivity contribution < 1.29 is 12.8 Å². The van der Waals surface area contributed by atoms with Crippen molar-refractivity contribution in [1.29, 1.82) is 0 Å². The molecule has 0 saturated heterocycles. The lowest BCUT2D eigenvalue weighted by Gasteiger charge is -2.04. The summed E-state index contributed by atoms with van der Waals surface area (Å²) in [5.74, 6) is 0. The van der Waals surface area contributed by atoms with Crippen LogP contribution in [-0.4, -0.2) is 18.4 Å². The minimum Gasteiger partial charge on any atom is -0.443 e. The number of sulfonamides is 1. The van der Waals surface area contributed by atoms with Gasteiger partial charge in [0, 0.05) is 17.6 Å². The molecule has 0 bridgehead atoms. The van der Waals surface area contributed by atoms with Gasteiger partial charge in [0.1, 0.15) is 5.52 Å². The molecule has 0 fully saturated rings. The number of fused-ring (bicyclic) bond motifs is 1. The van der Waals surface area contributed by atoms with Crippen molar-refractivity contribution in [3.05, 3.63) is 36.2 Å². The molecule has 0 radical (unpaired) electrons. The van der Waals surface area contributed by atoms with E-state index < -0.39 is 10.0 Å². The zero-order chi connectivity index (χ0) is 12.6. The summed E-state index contributed by atoms with van der Waals surface area (Å²) in [6.07, 6.45) is 2.80. The molecule has 0 aliphatic heterocycles. The average Bonchev–Trinajstić information content (AvgIpc) is 2.97. The number of hydrogen-bond acceptors (Lipinski definition) is 6. The molecule has 0 saturated carbocycles. The van der Waals surface area contributed by atoms with Gasteiger partial charge in [-0.25, -0.2) is 18.4 Å². The van der Waals surface area contributed by atoms with Crippen LogP contribution in [0.25, 0.3) is 11.1 Å². The third-order valence-corrected chi connectivity index (χ3v) is 4.42. The van der Waals surface area contributed by atoms with E-state index in [1.54, 1.807) is 11.4 Å². The Kier molecular flexibility index (Phi) is 2.53. The molecule has 3 rings (SSSR count). The van der Waals surface area contributed by atoms with Crippen LogP contribution < -0.4 is 4.72 Å². The predicted molar refractivity (Wildman–Crippen MR) is 66.9 cm³/mol. The maximum absolute atomic E-state index is 12.1. The van der Waals surface area contributed by atoms with Gasteiger partial charge in [0.2, 0.25) is 0 Å². The Morgan fingerprint density at radius 2 is 2.17 bits per heavy atom. The van der Waals surface area contributed by atoms with E-state index in [2.05, 4.69) is 14.7 Å². The smallest absolute Gasteiger partial charge is 0.263 e. The summed E-state index contributed by atoms with van der Waals surface area (Å²) in [7, 11) is -3.64. The highest BCUT2D eigenvalue weighted by molar-refractivity contribution is 7.93. The highest BCUT2D eigenvalue weighted by atomic mass is 32.2. The summed E-state index contributed by atoms with van der Waals surface area (Å²) < 4.78 is 31.6. The Morgan fingerprint density at radius 1 is 1.28 bits per heavy atom. The molecule has 1 aromatic carbocycles. The Morgan fingerprint density at radius 3 is 2.94 bits per heavy atom. The van der Waals surface area contributed by atoms with E-state index in [0.717, 1.165) is 0 Å². The van der Waals surface area contributed by atoms with Gasteiger partial charge in [0.15, 0.2) is 17.1 Å². The van der Waals surface area contributed by atoms with E-state index in [0.29, 0.717) is 16.2 Å². The molecule has 92 valence electrons. The van der Waals surface area contributed by atoms with Gasteiger partial charge in [0.05, 0.1) is 4.90 Å². The fraction of sp³-hybridized carbons (Fsp3) is 0. The normalized spacial score (nSPS) is 11.8. The molecule has 1 N–H and O–H groups in total. The van der Waals surface area contributed by atoms with E-state index in [1.165, 1.54) is 36.1 Å². The van der Waals surface area contributed by atoms with E-state index in [-0.39, 0.29) is 4.90 Å². The molecule has 0 atom stereocenters. The van der Waals surface area contributed by atoms with Crippen molar-refractivity contribution in [2.45, 2.75) is 4.90 Å². The van der Waals surface area contributed by atoms with Gasteiger partial charge >= 0.3 is 0 Å². The van der Waals surface area contributed by atoms with E-state index >= 15 is 0 Å². The summed E-state index contributed by atoms with van der Waals surface area (Å²) in [5.41, 5.74) is 1.04. The van der Waals surface area contributed by atoms with Gasteiger partial charge in [-0.2, -0.15) is 0 Å². The minimum absolute atomic E-state index is 0.113. The molecule has 0 aliphatic carbocycles. The Bertz CT molecular complexity index is 778. The van der Waals surface area contributed by atoms with Crippen molar-refractivity contribution in [2.75, 3.05) is 4.72 Å². The molecule has 0 spiro atoms. The lowest BCUT2D eigenvalue weighted by Crippen LogP contribution is -2.12. The lowest BCUT2D eigenvalue weighted by atomic mass is 10.3. The number of nitrogens with zero attached hydrogens (tertiary/aromatic N) is 2. The van der Waals surface area contributed by atoms with Crippen LogP contribution in [-0.2, 0) is 10.0 Å². The van der Waals surface area contributed by atoms with Gasteiger partial charge < -0.3 is 4.42 Å². The number of hydrogen-bond donors (Lipinski definition) is 1. The Hall–Kier alpha value is -1.93. The van der Waals surface area contributed by atoms with Crippen LogP contribution in [0.4, 0.5) is 5.13 Å². The van der Waals surface area contributed by atoms with E-state index in [4.69, 9.17) is 4.42 Å². The molecule has 18 heavy (non-hydrogen) atoms. The first-order valence-electron chi connectivity index (χ1n) is 4.91. The fourth-order valence-electron chi connectivity index (χ4n) is 1.45. The highest BCUT2D eigenvalue weighted by Crippen LogP contribution is 2.21. The van der Waals surface area contributed by atoms with Crippen molar-refractivity contribution in [3.8, 4) is 0 Å². The highest BCUT2D eigenvalue weighted by Gasteiger charge is 2.16. The van der Waals surface area contributed by atoms with Gasteiger partial charge in [0.25, 0.3) is 10.0 Å². The maximum Gasteiger partial charge on any atom is 0.263 e. The van der Waals surface area contributed by atoms with Crippen LogP contribution in [0.2, 0.25) is 0 Å². The van der Waals surface area contributed by atoms with Gasteiger partial charge in [-0.15, -0.1) is 11.3 Å². The molecule has 0 unspecified atom stereocenters. The second-order valence-corrected chi connectivity index (χ2v) is 6.00. The summed E-state index contributed by atoms with van der Waals surface area (Å²) in [5, 5.41) is 2.02. The maximum atomic E-state index is 12.1. The third-order valence-electron chi connectivity index (χ3n) is 2.27. The Balaban J connectivity index is 2.02. The summed E-state index contributed by atoms with van der Waals surface area (Å²) in [6.45, 7) is 0. The number of nitrogens with one attached hydrogen (secondary N) is 1. The van der Waals surface area contributed by atoms with Gasteiger partial charge in [-0.05, 0) is 12.1 Å². The second kappa shape index (κ2) is 4.07. The van der Waals surface area contributed by atoms with Crippen LogP contribution >= 0.6 is 11.3 Å². The number of aromatic nitrogens is 2.